The molecule has 0 aliphatic heterocycles. The number of hydrogen-bond donors (Lipinski definition) is 2. The third kappa shape index (κ3) is 2.11. The number of benzene rings is 1. The van der Waals surface area contributed by atoms with E-state index in [1.54, 1.807) is 0 Å². The molecular weight excluding hydrogens is 190 g/mol. The maximum Gasteiger partial charge on any atom is 0.251 e. The zero-order valence-electron chi connectivity index (χ0n) is 8.10. The van der Waals surface area contributed by atoms with Gasteiger partial charge in [-0.1, -0.05) is 30.3 Å². The molecule has 1 heterocycles. The first kappa shape index (κ1) is 9.61. The second kappa shape index (κ2) is 4.06. The molecule has 0 fully saturated rings. The van der Waals surface area contributed by atoms with E-state index < -0.39 is 0 Å². The number of rotatable bonds is 2. The van der Waals surface area contributed by atoms with Crippen LogP contribution in [0.2, 0.25) is 0 Å². The lowest BCUT2D eigenvalue weighted by atomic mass is 10.1. The van der Waals surface area contributed by atoms with Crippen LogP contribution in [0.15, 0.2) is 41.2 Å². The number of nitrogens with one attached hydrogen (secondary N) is 1. The second-order valence-corrected chi connectivity index (χ2v) is 3.15. The topological polar surface area (TPSA) is 71.8 Å². The van der Waals surface area contributed by atoms with Crippen molar-refractivity contribution in [2.45, 2.75) is 6.54 Å². The smallest absolute Gasteiger partial charge is 0.251 e. The van der Waals surface area contributed by atoms with E-state index in [-0.39, 0.29) is 12.1 Å². The van der Waals surface area contributed by atoms with Gasteiger partial charge in [0.1, 0.15) is 5.82 Å². The molecule has 0 bridgehead atoms. The normalized spacial score (nSPS) is 10.2. The summed E-state index contributed by atoms with van der Waals surface area (Å²) < 4.78 is 0. The van der Waals surface area contributed by atoms with Crippen LogP contribution in [-0.4, -0.2) is 9.97 Å². The van der Waals surface area contributed by atoms with Gasteiger partial charge < -0.3 is 10.7 Å². The van der Waals surface area contributed by atoms with Gasteiger partial charge in [-0.3, -0.25) is 4.79 Å². The number of aromatic nitrogens is 2. The van der Waals surface area contributed by atoms with Crippen LogP contribution in [0, 0.1) is 0 Å². The van der Waals surface area contributed by atoms with Gasteiger partial charge in [0, 0.05) is 11.6 Å². The Hall–Kier alpha value is -1.94. The van der Waals surface area contributed by atoms with E-state index in [1.807, 2.05) is 30.3 Å². The molecule has 76 valence electrons. The molecule has 0 radical (unpaired) electrons. The molecule has 3 N–H and O–H groups in total. The average molecular weight is 201 g/mol. The monoisotopic (exact) mass is 201 g/mol. The molecule has 0 aliphatic carbocycles. The van der Waals surface area contributed by atoms with Crippen molar-refractivity contribution in [3.8, 4) is 11.3 Å². The van der Waals surface area contributed by atoms with Crippen LogP contribution in [0.3, 0.4) is 0 Å². The van der Waals surface area contributed by atoms with Crippen molar-refractivity contribution in [3.63, 3.8) is 0 Å². The summed E-state index contributed by atoms with van der Waals surface area (Å²) in [5.74, 6) is 0.501. The van der Waals surface area contributed by atoms with Gasteiger partial charge in [0.05, 0.1) is 12.2 Å². The van der Waals surface area contributed by atoms with Gasteiger partial charge in [-0.25, -0.2) is 4.98 Å². The summed E-state index contributed by atoms with van der Waals surface area (Å²) in [4.78, 5) is 18.1. The molecule has 1 aromatic heterocycles. The second-order valence-electron chi connectivity index (χ2n) is 3.15. The first-order chi connectivity index (χ1) is 7.29. The highest BCUT2D eigenvalue weighted by Crippen LogP contribution is 2.13. The maximum absolute atomic E-state index is 11.3. The van der Waals surface area contributed by atoms with E-state index in [2.05, 4.69) is 9.97 Å². The van der Waals surface area contributed by atoms with Crippen molar-refractivity contribution in [3.05, 3.63) is 52.6 Å². The summed E-state index contributed by atoms with van der Waals surface area (Å²) in [5.41, 5.74) is 6.82. The van der Waals surface area contributed by atoms with Gasteiger partial charge in [-0.15, -0.1) is 0 Å². The summed E-state index contributed by atoms with van der Waals surface area (Å²) in [7, 11) is 0. The minimum Gasteiger partial charge on any atom is -0.324 e. The number of H-pyrrole nitrogens is 1. The van der Waals surface area contributed by atoms with Gasteiger partial charge >= 0.3 is 0 Å². The van der Waals surface area contributed by atoms with Gasteiger partial charge in [0.15, 0.2) is 0 Å². The number of nitrogens with zero attached hydrogens (tertiary/aromatic N) is 1. The fourth-order valence-corrected chi connectivity index (χ4v) is 1.36. The molecular formula is C11H11N3O. The predicted octanol–water partition coefficient (Wildman–Crippen LogP) is 0.896. The summed E-state index contributed by atoms with van der Waals surface area (Å²) in [5, 5.41) is 0. The molecule has 0 spiro atoms. The zero-order chi connectivity index (χ0) is 10.7. The van der Waals surface area contributed by atoms with E-state index >= 15 is 0 Å². The van der Waals surface area contributed by atoms with E-state index in [0.717, 1.165) is 5.56 Å². The lowest BCUT2D eigenvalue weighted by Gasteiger charge is -2.01. The molecule has 0 saturated heterocycles. The minimum atomic E-state index is -0.177. The maximum atomic E-state index is 11.3. The molecule has 0 atom stereocenters. The molecule has 2 aromatic rings. The van der Waals surface area contributed by atoms with Crippen LogP contribution in [-0.2, 0) is 6.54 Å². The Morgan fingerprint density at radius 2 is 2.00 bits per heavy atom. The molecule has 4 nitrogen and oxygen atoms in total. The van der Waals surface area contributed by atoms with E-state index in [9.17, 15) is 4.79 Å². The molecule has 2 rings (SSSR count). The SMILES string of the molecule is NCc1nc(-c2ccccc2)cc(=O)[nH]1. The Morgan fingerprint density at radius 1 is 1.27 bits per heavy atom. The van der Waals surface area contributed by atoms with E-state index in [1.165, 1.54) is 6.07 Å². The molecule has 0 amide bonds. The lowest BCUT2D eigenvalue weighted by molar-refractivity contribution is 0.896. The van der Waals surface area contributed by atoms with E-state index in [4.69, 9.17) is 5.73 Å². The Labute approximate surface area is 86.8 Å². The van der Waals surface area contributed by atoms with Crippen LogP contribution < -0.4 is 11.3 Å². The predicted molar refractivity (Wildman–Crippen MR) is 58.2 cm³/mol. The molecule has 1 aromatic carbocycles. The van der Waals surface area contributed by atoms with Gasteiger partial charge in [0.25, 0.3) is 5.56 Å². The molecule has 4 heteroatoms. The zero-order valence-corrected chi connectivity index (χ0v) is 8.10. The third-order valence-electron chi connectivity index (χ3n) is 2.05. The molecule has 0 unspecified atom stereocenters. The summed E-state index contributed by atoms with van der Waals surface area (Å²) in [6, 6.07) is 11.0. The number of nitrogens with two attached hydrogens (primary N) is 1. The highest BCUT2D eigenvalue weighted by atomic mass is 16.1. The number of aromatic amines is 1. The van der Waals surface area contributed by atoms with Crippen molar-refractivity contribution < 1.29 is 0 Å². The van der Waals surface area contributed by atoms with Crippen LogP contribution in [0.1, 0.15) is 5.82 Å². The Morgan fingerprint density at radius 3 is 2.67 bits per heavy atom. The standard InChI is InChI=1S/C11H11N3O/c12-7-10-13-9(6-11(15)14-10)8-4-2-1-3-5-8/h1-6H,7,12H2,(H,13,14,15). The quantitative estimate of drug-likeness (QED) is 0.758. The van der Waals surface area contributed by atoms with Crippen LogP contribution >= 0.6 is 0 Å². The largest absolute Gasteiger partial charge is 0.324 e. The van der Waals surface area contributed by atoms with Gasteiger partial charge in [-0.05, 0) is 0 Å². The first-order valence-corrected chi connectivity index (χ1v) is 4.65. The van der Waals surface area contributed by atoms with Crippen molar-refractivity contribution in [1.29, 1.82) is 0 Å². The van der Waals surface area contributed by atoms with Gasteiger partial charge in [-0.2, -0.15) is 0 Å². The fraction of sp³-hybridized carbons (Fsp3) is 0.0909. The van der Waals surface area contributed by atoms with Crippen molar-refractivity contribution in [2.75, 3.05) is 0 Å². The van der Waals surface area contributed by atoms with Crippen molar-refractivity contribution in [2.24, 2.45) is 5.73 Å². The molecule has 0 aliphatic rings. The number of hydrogen-bond acceptors (Lipinski definition) is 3. The first-order valence-electron chi connectivity index (χ1n) is 4.65. The average Bonchev–Trinajstić information content (AvgIpc) is 2.29. The van der Waals surface area contributed by atoms with Gasteiger partial charge in [0.2, 0.25) is 0 Å². The Balaban J connectivity index is 2.54. The minimum absolute atomic E-state index is 0.177. The fourth-order valence-electron chi connectivity index (χ4n) is 1.36. The summed E-state index contributed by atoms with van der Waals surface area (Å²) >= 11 is 0. The van der Waals surface area contributed by atoms with Crippen LogP contribution in [0.25, 0.3) is 11.3 Å². The van der Waals surface area contributed by atoms with Crippen molar-refractivity contribution >= 4 is 0 Å². The lowest BCUT2D eigenvalue weighted by Crippen LogP contribution is -2.13. The van der Waals surface area contributed by atoms with E-state index in [0.29, 0.717) is 11.5 Å². The molecule has 15 heavy (non-hydrogen) atoms. The third-order valence-corrected chi connectivity index (χ3v) is 2.05. The Bertz CT molecular complexity index is 505. The Kier molecular flexibility index (Phi) is 2.60. The van der Waals surface area contributed by atoms with Crippen LogP contribution in [0.5, 0.6) is 0 Å². The van der Waals surface area contributed by atoms with Crippen LogP contribution in [0.4, 0.5) is 0 Å². The van der Waals surface area contributed by atoms with Crippen molar-refractivity contribution in [1.82, 2.24) is 9.97 Å². The molecule has 0 saturated carbocycles. The highest BCUT2D eigenvalue weighted by Gasteiger charge is 2.01. The summed E-state index contributed by atoms with van der Waals surface area (Å²) in [6.45, 7) is 0.232. The highest BCUT2D eigenvalue weighted by molar-refractivity contribution is 5.58. The summed E-state index contributed by atoms with van der Waals surface area (Å²) in [6.07, 6.45) is 0.